The van der Waals surface area contributed by atoms with Crippen molar-refractivity contribution in [2.75, 3.05) is 5.73 Å². The second kappa shape index (κ2) is 7.72. The number of nitrogen functional groups attached to an aromatic ring is 1. The van der Waals surface area contributed by atoms with Gasteiger partial charge >= 0.3 is 5.97 Å². The van der Waals surface area contributed by atoms with E-state index in [9.17, 15) is 10.1 Å². The van der Waals surface area contributed by atoms with E-state index in [1.165, 1.54) is 12.3 Å². The largest absolute Gasteiger partial charge is 0.485 e. The normalized spacial score (nSPS) is 10.2. The van der Waals surface area contributed by atoms with Gasteiger partial charge in [-0.1, -0.05) is 11.6 Å². The average molecular weight is 381 g/mol. The van der Waals surface area contributed by atoms with E-state index in [2.05, 4.69) is 9.97 Å². The maximum Gasteiger partial charge on any atom is 0.337 e. The van der Waals surface area contributed by atoms with Crippen LogP contribution < -0.4 is 10.5 Å². The van der Waals surface area contributed by atoms with Gasteiger partial charge in [-0.05, 0) is 36.4 Å². The van der Waals surface area contributed by atoms with Crippen molar-refractivity contribution in [3.05, 3.63) is 70.6 Å². The number of benzene rings is 1. The molecule has 134 valence electrons. The Morgan fingerprint density at radius 2 is 2.11 bits per heavy atom. The Bertz CT molecular complexity index is 1050. The number of nitrogens with zero attached hydrogens (tertiary/aromatic N) is 3. The summed E-state index contributed by atoms with van der Waals surface area (Å²) in [5.41, 5.74) is 8.12. The predicted molar refractivity (Wildman–Crippen MR) is 99.3 cm³/mol. The Hall–Kier alpha value is -3.63. The quantitative estimate of drug-likeness (QED) is 0.649. The van der Waals surface area contributed by atoms with Crippen LogP contribution in [-0.2, 0) is 6.61 Å². The van der Waals surface area contributed by atoms with Gasteiger partial charge in [0.2, 0.25) is 0 Å². The molecule has 0 fully saturated rings. The summed E-state index contributed by atoms with van der Waals surface area (Å²) in [6.07, 6.45) is 2.84. The van der Waals surface area contributed by atoms with Gasteiger partial charge in [-0.2, -0.15) is 5.26 Å². The zero-order chi connectivity index (χ0) is 19.4. The maximum absolute atomic E-state index is 10.9. The van der Waals surface area contributed by atoms with Gasteiger partial charge in [-0.3, -0.25) is 9.97 Å². The summed E-state index contributed by atoms with van der Waals surface area (Å²) >= 11 is 6.18. The number of halogens is 1. The average Bonchev–Trinajstić information content (AvgIpc) is 2.68. The van der Waals surface area contributed by atoms with E-state index in [4.69, 9.17) is 27.2 Å². The van der Waals surface area contributed by atoms with Crippen LogP contribution in [-0.4, -0.2) is 21.0 Å². The molecule has 2 aromatic heterocycles. The molecule has 3 rings (SSSR count). The van der Waals surface area contributed by atoms with Crippen LogP contribution in [0.15, 0.2) is 48.8 Å². The van der Waals surface area contributed by atoms with Crippen molar-refractivity contribution >= 4 is 23.3 Å². The Labute approximate surface area is 159 Å². The van der Waals surface area contributed by atoms with Crippen LogP contribution in [0.2, 0.25) is 5.02 Å². The fraction of sp³-hybridized carbons (Fsp3) is 0.0526. The van der Waals surface area contributed by atoms with Crippen LogP contribution in [0.4, 0.5) is 5.69 Å². The molecule has 0 saturated heterocycles. The summed E-state index contributed by atoms with van der Waals surface area (Å²) in [6, 6.07) is 11.6. The molecule has 0 radical (unpaired) electrons. The van der Waals surface area contributed by atoms with Gasteiger partial charge in [0.15, 0.2) is 0 Å². The van der Waals surface area contributed by atoms with Crippen molar-refractivity contribution in [1.29, 1.82) is 5.26 Å². The highest BCUT2D eigenvalue weighted by molar-refractivity contribution is 6.33. The van der Waals surface area contributed by atoms with Gasteiger partial charge in [0.05, 0.1) is 33.2 Å². The monoisotopic (exact) mass is 380 g/mol. The van der Waals surface area contributed by atoms with Crippen molar-refractivity contribution in [3.63, 3.8) is 0 Å². The molecule has 0 saturated carbocycles. The first kappa shape index (κ1) is 18.2. The summed E-state index contributed by atoms with van der Waals surface area (Å²) in [5, 5.41) is 18.7. The van der Waals surface area contributed by atoms with E-state index in [0.29, 0.717) is 22.0 Å². The van der Waals surface area contributed by atoms with E-state index in [0.717, 1.165) is 0 Å². The summed E-state index contributed by atoms with van der Waals surface area (Å²) in [4.78, 5) is 19.1. The van der Waals surface area contributed by atoms with E-state index >= 15 is 0 Å². The van der Waals surface area contributed by atoms with E-state index in [1.54, 1.807) is 36.5 Å². The highest BCUT2D eigenvalue weighted by Gasteiger charge is 2.14. The standard InChI is InChI=1S/C19H13ClN4O3/c20-15-2-1-5-23-18(15)12-6-13(8-21)17(22)16(7-12)27-10-14-4-3-11(9-24-14)19(25)26/h1-7,9H,10,22H2,(H,25,26). The molecule has 7 nitrogen and oxygen atoms in total. The van der Waals surface area contributed by atoms with Crippen molar-refractivity contribution in [2.24, 2.45) is 0 Å². The number of nitriles is 1. The Morgan fingerprint density at radius 3 is 2.74 bits per heavy atom. The lowest BCUT2D eigenvalue weighted by Crippen LogP contribution is -2.04. The topological polar surface area (TPSA) is 122 Å². The van der Waals surface area contributed by atoms with Crippen molar-refractivity contribution in [1.82, 2.24) is 9.97 Å². The molecule has 3 aromatic rings. The zero-order valence-electron chi connectivity index (χ0n) is 13.9. The molecule has 0 amide bonds. The Kier molecular flexibility index (Phi) is 5.20. The molecule has 0 atom stereocenters. The lowest BCUT2D eigenvalue weighted by atomic mass is 10.1. The second-order valence-electron chi connectivity index (χ2n) is 5.51. The van der Waals surface area contributed by atoms with E-state index < -0.39 is 5.97 Å². The van der Waals surface area contributed by atoms with Crippen molar-refractivity contribution < 1.29 is 14.6 Å². The minimum absolute atomic E-state index is 0.0500. The zero-order valence-corrected chi connectivity index (χ0v) is 14.6. The molecule has 0 aliphatic rings. The number of carbonyl (C=O) groups is 1. The third kappa shape index (κ3) is 3.97. The number of carboxylic acid groups (broad SMARTS) is 1. The smallest absolute Gasteiger partial charge is 0.337 e. The first-order chi connectivity index (χ1) is 13.0. The molecule has 0 unspecified atom stereocenters. The number of anilines is 1. The molecule has 0 aliphatic carbocycles. The number of carboxylic acids is 1. The maximum atomic E-state index is 10.9. The Morgan fingerprint density at radius 1 is 1.30 bits per heavy atom. The van der Waals surface area contributed by atoms with E-state index in [1.807, 2.05) is 6.07 Å². The lowest BCUT2D eigenvalue weighted by molar-refractivity contribution is 0.0696. The number of rotatable bonds is 5. The number of nitrogens with two attached hydrogens (primary N) is 1. The molecule has 1 aromatic carbocycles. The van der Waals surface area contributed by atoms with Crippen LogP contribution in [0, 0.1) is 11.3 Å². The summed E-state index contributed by atoms with van der Waals surface area (Å²) in [6.45, 7) is 0.0500. The number of aromatic carboxylic acids is 1. The first-order valence-electron chi connectivity index (χ1n) is 7.75. The number of ether oxygens (including phenoxy) is 1. The van der Waals surface area contributed by atoms with Crippen LogP contribution >= 0.6 is 11.6 Å². The number of aromatic nitrogens is 2. The van der Waals surface area contributed by atoms with Gasteiger partial charge in [0, 0.05) is 18.0 Å². The molecular weight excluding hydrogens is 368 g/mol. The summed E-state index contributed by atoms with van der Waals surface area (Å²) in [5.74, 6) is -0.771. The molecule has 0 spiro atoms. The summed E-state index contributed by atoms with van der Waals surface area (Å²) < 4.78 is 5.71. The van der Waals surface area contributed by atoms with Gasteiger partial charge in [-0.25, -0.2) is 4.79 Å². The molecule has 2 heterocycles. The SMILES string of the molecule is N#Cc1cc(-c2ncccc2Cl)cc(OCc2ccc(C(=O)O)cn2)c1N. The Balaban J connectivity index is 1.90. The van der Waals surface area contributed by atoms with Gasteiger partial charge < -0.3 is 15.6 Å². The van der Waals surface area contributed by atoms with Crippen LogP contribution in [0.1, 0.15) is 21.6 Å². The fourth-order valence-corrected chi connectivity index (χ4v) is 2.59. The lowest BCUT2D eigenvalue weighted by Gasteiger charge is -2.12. The van der Waals surface area contributed by atoms with Gasteiger partial charge in [-0.15, -0.1) is 0 Å². The highest BCUT2D eigenvalue weighted by atomic mass is 35.5. The van der Waals surface area contributed by atoms with Crippen molar-refractivity contribution in [3.8, 4) is 23.1 Å². The second-order valence-corrected chi connectivity index (χ2v) is 5.92. The van der Waals surface area contributed by atoms with Gasteiger partial charge in [0.25, 0.3) is 0 Å². The third-order valence-electron chi connectivity index (χ3n) is 3.74. The number of pyridine rings is 2. The van der Waals surface area contributed by atoms with Crippen molar-refractivity contribution in [2.45, 2.75) is 6.61 Å². The summed E-state index contributed by atoms with van der Waals surface area (Å²) in [7, 11) is 0. The first-order valence-corrected chi connectivity index (χ1v) is 8.13. The predicted octanol–water partition coefficient (Wildman–Crippen LogP) is 3.53. The van der Waals surface area contributed by atoms with Crippen LogP contribution in [0.3, 0.4) is 0 Å². The molecule has 0 bridgehead atoms. The fourth-order valence-electron chi connectivity index (χ4n) is 2.36. The minimum atomic E-state index is -1.06. The molecule has 0 aliphatic heterocycles. The number of hydrogen-bond donors (Lipinski definition) is 2. The molecule has 8 heteroatoms. The van der Waals surface area contributed by atoms with Crippen LogP contribution in [0.5, 0.6) is 5.75 Å². The van der Waals surface area contributed by atoms with Gasteiger partial charge in [0.1, 0.15) is 18.4 Å². The number of hydrogen-bond acceptors (Lipinski definition) is 6. The highest BCUT2D eigenvalue weighted by Crippen LogP contribution is 2.34. The molecule has 3 N–H and O–H groups in total. The molecule has 27 heavy (non-hydrogen) atoms. The third-order valence-corrected chi connectivity index (χ3v) is 4.05. The molecular formula is C19H13ClN4O3. The van der Waals surface area contributed by atoms with Crippen LogP contribution in [0.25, 0.3) is 11.3 Å². The minimum Gasteiger partial charge on any atom is -0.485 e. The van der Waals surface area contributed by atoms with E-state index in [-0.39, 0.29) is 29.2 Å².